The van der Waals surface area contributed by atoms with E-state index in [1.807, 2.05) is 0 Å². The van der Waals surface area contributed by atoms with Gasteiger partial charge in [-0.15, -0.1) is 0 Å². The van der Waals surface area contributed by atoms with E-state index in [0.717, 1.165) is 4.90 Å². The van der Waals surface area contributed by atoms with E-state index >= 15 is 0 Å². The van der Waals surface area contributed by atoms with Gasteiger partial charge in [0.25, 0.3) is 0 Å². The number of rotatable bonds is 6. The molecule has 1 aromatic carbocycles. The van der Waals surface area contributed by atoms with Gasteiger partial charge in [-0.3, -0.25) is 4.79 Å². The first-order chi connectivity index (χ1) is 11.7. The third-order valence-electron chi connectivity index (χ3n) is 4.11. The molecular weight excluding hydrogens is 337 g/mol. The molecule has 0 saturated carbocycles. The molecule has 0 aromatic heterocycles. The van der Waals surface area contributed by atoms with Crippen molar-refractivity contribution in [3.63, 3.8) is 0 Å². The second-order valence-corrected chi connectivity index (χ2v) is 6.32. The average Bonchev–Trinajstić information content (AvgIpc) is 2.93. The molecule has 1 saturated heterocycles. The highest BCUT2D eigenvalue weighted by Crippen LogP contribution is 2.26. The van der Waals surface area contributed by atoms with Crippen LogP contribution in [0.2, 0.25) is 0 Å². The largest absolute Gasteiger partial charge is 0.447 e. The zero-order valence-corrected chi connectivity index (χ0v) is 14.0. The number of halogens is 3. The van der Waals surface area contributed by atoms with E-state index in [1.54, 1.807) is 44.2 Å². The van der Waals surface area contributed by atoms with Gasteiger partial charge in [0, 0.05) is 6.54 Å². The first kappa shape index (κ1) is 19.2. The van der Waals surface area contributed by atoms with Crippen LogP contribution in [0.3, 0.4) is 0 Å². The lowest BCUT2D eigenvalue weighted by molar-refractivity contribution is -0.164. The maximum atomic E-state index is 13.3. The van der Waals surface area contributed by atoms with Crippen molar-refractivity contribution in [1.82, 2.24) is 10.2 Å². The van der Waals surface area contributed by atoms with Crippen molar-refractivity contribution in [1.29, 1.82) is 0 Å². The number of hydrogen-bond acceptors (Lipinski definition) is 4. The van der Waals surface area contributed by atoms with Gasteiger partial charge in [-0.05, 0) is 11.5 Å². The van der Waals surface area contributed by atoms with Gasteiger partial charge in [-0.1, -0.05) is 44.2 Å². The number of alkyl halides is 3. The molecule has 1 aromatic rings. The Morgan fingerprint density at radius 2 is 1.96 bits per heavy atom. The minimum Gasteiger partial charge on any atom is -0.447 e. The van der Waals surface area contributed by atoms with Crippen molar-refractivity contribution >= 4 is 12.0 Å². The molecule has 138 valence electrons. The van der Waals surface area contributed by atoms with Crippen LogP contribution >= 0.6 is 0 Å². The molecule has 0 spiro atoms. The molecular formula is C17H21F3N2O3. The number of amides is 2. The first-order valence-electron chi connectivity index (χ1n) is 8.03. The van der Waals surface area contributed by atoms with Crippen molar-refractivity contribution in [2.24, 2.45) is 5.92 Å². The van der Waals surface area contributed by atoms with Gasteiger partial charge in [-0.2, -0.15) is 13.2 Å². The van der Waals surface area contributed by atoms with Gasteiger partial charge in [0.15, 0.2) is 0 Å². The van der Waals surface area contributed by atoms with Crippen molar-refractivity contribution in [3.8, 4) is 0 Å². The normalized spacial score (nSPS) is 19.2. The Morgan fingerprint density at radius 1 is 1.32 bits per heavy atom. The number of benzene rings is 1. The predicted molar refractivity (Wildman–Crippen MR) is 84.6 cm³/mol. The SMILES string of the molecule is CC(C)[C@H]1COC(=O)N1C(=O)C[C@@H](NCc1ccccc1)C(F)(F)F. The molecule has 0 radical (unpaired) electrons. The fraction of sp³-hybridized carbons (Fsp3) is 0.529. The Morgan fingerprint density at radius 3 is 2.52 bits per heavy atom. The molecule has 1 fully saturated rings. The highest BCUT2D eigenvalue weighted by Gasteiger charge is 2.45. The molecule has 2 amide bonds. The lowest BCUT2D eigenvalue weighted by Gasteiger charge is -2.26. The van der Waals surface area contributed by atoms with E-state index in [4.69, 9.17) is 4.74 Å². The summed E-state index contributed by atoms with van der Waals surface area (Å²) in [6.07, 6.45) is -6.34. The van der Waals surface area contributed by atoms with Crippen molar-refractivity contribution in [2.45, 2.75) is 45.1 Å². The summed E-state index contributed by atoms with van der Waals surface area (Å²) in [6.45, 7) is 3.54. The minimum absolute atomic E-state index is 0.0103. The molecule has 1 N–H and O–H groups in total. The first-order valence-corrected chi connectivity index (χ1v) is 8.03. The van der Waals surface area contributed by atoms with E-state index < -0.39 is 36.7 Å². The van der Waals surface area contributed by atoms with Crippen LogP contribution in [0.5, 0.6) is 0 Å². The molecule has 8 heteroatoms. The van der Waals surface area contributed by atoms with Gasteiger partial charge in [-0.25, -0.2) is 9.69 Å². The number of ether oxygens (including phenoxy) is 1. The van der Waals surface area contributed by atoms with Crippen molar-refractivity contribution in [2.75, 3.05) is 6.61 Å². The van der Waals surface area contributed by atoms with E-state index in [-0.39, 0.29) is 19.1 Å². The topological polar surface area (TPSA) is 58.6 Å². The van der Waals surface area contributed by atoms with Gasteiger partial charge in [0.2, 0.25) is 5.91 Å². The molecule has 0 unspecified atom stereocenters. The van der Waals surface area contributed by atoms with Crippen LogP contribution in [-0.4, -0.2) is 41.8 Å². The highest BCUT2D eigenvalue weighted by molar-refractivity contribution is 5.93. The number of hydrogen-bond donors (Lipinski definition) is 1. The van der Waals surface area contributed by atoms with Gasteiger partial charge < -0.3 is 10.1 Å². The maximum Gasteiger partial charge on any atom is 0.416 e. The Bertz CT molecular complexity index is 605. The summed E-state index contributed by atoms with van der Waals surface area (Å²) >= 11 is 0. The summed E-state index contributed by atoms with van der Waals surface area (Å²) in [6, 6.07) is 6.00. The second-order valence-electron chi connectivity index (χ2n) is 6.32. The molecule has 25 heavy (non-hydrogen) atoms. The zero-order valence-electron chi connectivity index (χ0n) is 14.0. The summed E-state index contributed by atoms with van der Waals surface area (Å²) in [5.74, 6) is -0.985. The fourth-order valence-electron chi connectivity index (χ4n) is 2.63. The van der Waals surface area contributed by atoms with Crippen LogP contribution < -0.4 is 5.32 Å². The lowest BCUT2D eigenvalue weighted by Crippen LogP contribution is -2.49. The van der Waals surface area contributed by atoms with Crippen molar-refractivity contribution in [3.05, 3.63) is 35.9 Å². The van der Waals surface area contributed by atoms with E-state index in [2.05, 4.69) is 5.32 Å². The Balaban J connectivity index is 2.06. The van der Waals surface area contributed by atoms with Crippen LogP contribution in [-0.2, 0) is 16.1 Å². The molecule has 2 rings (SSSR count). The van der Waals surface area contributed by atoms with Gasteiger partial charge in [0.05, 0.1) is 12.5 Å². The minimum atomic E-state index is -4.61. The van der Waals surface area contributed by atoms with Crippen LogP contribution in [0.4, 0.5) is 18.0 Å². The van der Waals surface area contributed by atoms with Gasteiger partial charge in [0.1, 0.15) is 12.6 Å². The standard InChI is InChI=1S/C17H21F3N2O3/c1-11(2)13-10-25-16(24)22(13)15(23)8-14(17(18,19)20)21-9-12-6-4-3-5-7-12/h3-7,11,13-14,21H,8-10H2,1-2H3/t13-,14-/m1/s1. The number of imide groups is 1. The van der Waals surface area contributed by atoms with E-state index in [9.17, 15) is 22.8 Å². The number of carbonyl (C=O) groups excluding carboxylic acids is 2. The number of nitrogens with zero attached hydrogens (tertiary/aromatic N) is 1. The molecule has 1 aliphatic rings. The molecule has 0 aliphatic carbocycles. The third-order valence-corrected chi connectivity index (χ3v) is 4.11. The summed E-state index contributed by atoms with van der Waals surface area (Å²) in [4.78, 5) is 24.9. The van der Waals surface area contributed by atoms with E-state index in [0.29, 0.717) is 5.56 Å². The molecule has 1 aliphatic heterocycles. The van der Waals surface area contributed by atoms with Gasteiger partial charge >= 0.3 is 12.3 Å². The predicted octanol–water partition coefficient (Wildman–Crippen LogP) is 3.10. The highest BCUT2D eigenvalue weighted by atomic mass is 19.4. The van der Waals surface area contributed by atoms with Crippen LogP contribution in [0.15, 0.2) is 30.3 Å². The quantitative estimate of drug-likeness (QED) is 0.849. The molecule has 2 atom stereocenters. The summed E-state index contributed by atoms with van der Waals surface area (Å²) in [7, 11) is 0. The molecule has 1 heterocycles. The smallest absolute Gasteiger partial charge is 0.416 e. The monoisotopic (exact) mass is 358 g/mol. The number of carbonyl (C=O) groups is 2. The Hall–Kier alpha value is -2.09. The summed E-state index contributed by atoms with van der Waals surface area (Å²) in [5.41, 5.74) is 0.671. The molecule has 0 bridgehead atoms. The molecule has 5 nitrogen and oxygen atoms in total. The maximum absolute atomic E-state index is 13.3. The summed E-state index contributed by atoms with van der Waals surface area (Å²) < 4.78 is 44.6. The van der Waals surface area contributed by atoms with E-state index in [1.165, 1.54) is 0 Å². The third kappa shape index (κ3) is 4.94. The van der Waals surface area contributed by atoms with Crippen LogP contribution in [0.25, 0.3) is 0 Å². The Labute approximate surface area is 144 Å². The number of cyclic esters (lactones) is 1. The Kier molecular flexibility index (Phi) is 6.05. The van der Waals surface area contributed by atoms with Crippen LogP contribution in [0.1, 0.15) is 25.8 Å². The number of nitrogens with one attached hydrogen (secondary N) is 1. The average molecular weight is 358 g/mol. The fourth-order valence-corrected chi connectivity index (χ4v) is 2.63. The van der Waals surface area contributed by atoms with Crippen molar-refractivity contribution < 1.29 is 27.5 Å². The second kappa shape index (κ2) is 7.86. The summed E-state index contributed by atoms with van der Waals surface area (Å²) in [5, 5.41) is 2.36. The zero-order chi connectivity index (χ0) is 18.6. The lowest BCUT2D eigenvalue weighted by atomic mass is 10.0. The van der Waals surface area contributed by atoms with Crippen LogP contribution in [0, 0.1) is 5.92 Å².